The van der Waals surface area contributed by atoms with Crippen LogP contribution in [-0.2, 0) is 0 Å². The van der Waals surface area contributed by atoms with Gasteiger partial charge >= 0.3 is 5.97 Å². The van der Waals surface area contributed by atoms with Crippen molar-refractivity contribution in [1.29, 1.82) is 0 Å². The smallest absolute Gasteiger partial charge is 0.338 e. The highest BCUT2D eigenvalue weighted by Gasteiger charge is 2.24. The summed E-state index contributed by atoms with van der Waals surface area (Å²) in [7, 11) is 0. The summed E-state index contributed by atoms with van der Waals surface area (Å²) < 4.78 is 15.5. The second-order valence-electron chi connectivity index (χ2n) is 5.75. The number of aryl methyl sites for hydroxylation is 1. The van der Waals surface area contributed by atoms with Gasteiger partial charge in [0.1, 0.15) is 5.82 Å². The SMILES string of the molecule is Cc1cc(C(C)n2c(C)c(C(=O)O)c3cccc(F)c3c2=O)n[nH]1. The van der Waals surface area contributed by atoms with E-state index in [2.05, 4.69) is 10.2 Å². The average Bonchev–Trinajstić information content (AvgIpc) is 2.93. The molecule has 0 amide bonds. The first-order valence-electron chi connectivity index (χ1n) is 7.41. The van der Waals surface area contributed by atoms with Crippen LogP contribution < -0.4 is 5.56 Å². The summed E-state index contributed by atoms with van der Waals surface area (Å²) in [6.07, 6.45) is 0. The predicted octanol–water partition coefficient (Wildman–Crippen LogP) is 2.79. The van der Waals surface area contributed by atoms with Crippen LogP contribution >= 0.6 is 0 Å². The number of fused-ring (bicyclic) bond motifs is 1. The molecule has 6 nitrogen and oxygen atoms in total. The van der Waals surface area contributed by atoms with Crippen molar-refractivity contribution in [2.24, 2.45) is 0 Å². The zero-order chi connectivity index (χ0) is 17.6. The number of carboxylic acids is 1. The third-order valence-electron chi connectivity index (χ3n) is 4.19. The monoisotopic (exact) mass is 329 g/mol. The molecule has 0 radical (unpaired) electrons. The van der Waals surface area contributed by atoms with Crippen LogP contribution in [0.15, 0.2) is 29.1 Å². The minimum Gasteiger partial charge on any atom is -0.478 e. The van der Waals surface area contributed by atoms with Crippen LogP contribution in [0.2, 0.25) is 0 Å². The van der Waals surface area contributed by atoms with Crippen LogP contribution in [0.5, 0.6) is 0 Å². The van der Waals surface area contributed by atoms with Gasteiger partial charge in [-0.25, -0.2) is 9.18 Å². The first kappa shape index (κ1) is 15.9. The lowest BCUT2D eigenvalue weighted by Crippen LogP contribution is -2.29. The van der Waals surface area contributed by atoms with E-state index in [9.17, 15) is 19.1 Å². The van der Waals surface area contributed by atoms with Gasteiger partial charge in [-0.3, -0.25) is 9.89 Å². The van der Waals surface area contributed by atoms with Crippen molar-refractivity contribution >= 4 is 16.7 Å². The van der Waals surface area contributed by atoms with Crippen LogP contribution in [-0.4, -0.2) is 25.8 Å². The predicted molar refractivity (Wildman–Crippen MR) is 87.0 cm³/mol. The molecule has 2 aromatic heterocycles. The molecule has 0 bridgehead atoms. The second-order valence-corrected chi connectivity index (χ2v) is 5.75. The van der Waals surface area contributed by atoms with E-state index < -0.39 is 23.4 Å². The third kappa shape index (κ3) is 2.29. The number of hydrogen-bond donors (Lipinski definition) is 2. The Bertz CT molecular complexity index is 1020. The summed E-state index contributed by atoms with van der Waals surface area (Å²) in [5, 5.41) is 16.4. The van der Waals surface area contributed by atoms with Crippen LogP contribution in [0.3, 0.4) is 0 Å². The van der Waals surface area contributed by atoms with E-state index in [0.29, 0.717) is 5.69 Å². The molecule has 1 unspecified atom stereocenters. The molecule has 3 aromatic rings. The fourth-order valence-electron chi connectivity index (χ4n) is 3.06. The number of hydrogen-bond acceptors (Lipinski definition) is 3. The van der Waals surface area contributed by atoms with Gasteiger partial charge in [0.05, 0.1) is 22.7 Å². The van der Waals surface area contributed by atoms with E-state index in [4.69, 9.17) is 0 Å². The zero-order valence-electron chi connectivity index (χ0n) is 13.4. The molecular formula is C17H16FN3O3. The maximum atomic E-state index is 14.2. The molecule has 0 saturated heterocycles. The second kappa shape index (κ2) is 5.59. The average molecular weight is 329 g/mol. The Hall–Kier alpha value is -2.96. The maximum absolute atomic E-state index is 14.2. The Morgan fingerprint density at radius 3 is 2.67 bits per heavy atom. The van der Waals surface area contributed by atoms with Gasteiger partial charge in [0.15, 0.2) is 0 Å². The largest absolute Gasteiger partial charge is 0.478 e. The highest BCUT2D eigenvalue weighted by molar-refractivity contribution is 6.04. The lowest BCUT2D eigenvalue weighted by molar-refractivity contribution is 0.0697. The molecule has 7 heteroatoms. The van der Waals surface area contributed by atoms with Crippen molar-refractivity contribution in [3.05, 3.63) is 63.1 Å². The maximum Gasteiger partial charge on any atom is 0.338 e. The fraction of sp³-hybridized carbons (Fsp3) is 0.235. The Balaban J connectivity index is 2.42. The molecule has 0 aliphatic heterocycles. The summed E-state index contributed by atoms with van der Waals surface area (Å²) in [6, 6.07) is 5.23. The van der Waals surface area contributed by atoms with Crippen LogP contribution in [0.4, 0.5) is 4.39 Å². The number of rotatable bonds is 3. The number of aromatic amines is 1. The first-order valence-corrected chi connectivity index (χ1v) is 7.41. The lowest BCUT2D eigenvalue weighted by Gasteiger charge is -2.20. The molecule has 3 rings (SSSR count). The van der Waals surface area contributed by atoms with Gasteiger partial charge in [0.25, 0.3) is 5.56 Å². The summed E-state index contributed by atoms with van der Waals surface area (Å²) in [5.74, 6) is -1.94. The Kier molecular flexibility index (Phi) is 3.71. The summed E-state index contributed by atoms with van der Waals surface area (Å²) in [4.78, 5) is 24.6. The van der Waals surface area contributed by atoms with E-state index in [1.165, 1.54) is 16.7 Å². The molecule has 24 heavy (non-hydrogen) atoms. The molecule has 124 valence electrons. The number of aromatic carboxylic acids is 1. The number of pyridine rings is 1. The summed E-state index contributed by atoms with van der Waals surface area (Å²) in [6.45, 7) is 5.09. The lowest BCUT2D eigenvalue weighted by atomic mass is 10.0. The normalized spacial score (nSPS) is 12.5. The molecule has 0 spiro atoms. The van der Waals surface area contributed by atoms with Gasteiger partial charge in [0, 0.05) is 16.8 Å². The summed E-state index contributed by atoms with van der Waals surface area (Å²) in [5.41, 5.74) is 0.999. The van der Waals surface area contributed by atoms with Crippen molar-refractivity contribution in [2.75, 3.05) is 0 Å². The number of H-pyrrole nitrogens is 1. The van der Waals surface area contributed by atoms with Crippen molar-refractivity contribution < 1.29 is 14.3 Å². The Morgan fingerprint density at radius 1 is 1.38 bits per heavy atom. The number of nitrogens with one attached hydrogen (secondary N) is 1. The molecule has 0 fully saturated rings. The minimum absolute atomic E-state index is 0.0804. The van der Waals surface area contributed by atoms with E-state index >= 15 is 0 Å². The number of carbonyl (C=O) groups is 1. The molecule has 0 aliphatic carbocycles. The van der Waals surface area contributed by atoms with Gasteiger partial charge in [0.2, 0.25) is 0 Å². The highest BCUT2D eigenvalue weighted by Crippen LogP contribution is 2.25. The Labute approximate surface area is 136 Å². The minimum atomic E-state index is -1.21. The number of benzene rings is 1. The Morgan fingerprint density at radius 2 is 2.08 bits per heavy atom. The molecule has 2 heterocycles. The van der Waals surface area contributed by atoms with Gasteiger partial charge in [-0.1, -0.05) is 12.1 Å². The topological polar surface area (TPSA) is 88.0 Å². The van der Waals surface area contributed by atoms with E-state index in [1.54, 1.807) is 19.9 Å². The van der Waals surface area contributed by atoms with Crippen LogP contribution in [0.1, 0.15) is 40.4 Å². The highest BCUT2D eigenvalue weighted by atomic mass is 19.1. The molecule has 2 N–H and O–H groups in total. The number of halogens is 1. The van der Waals surface area contributed by atoms with Crippen LogP contribution in [0, 0.1) is 19.7 Å². The standard InChI is InChI=1S/C17H16FN3O3/c1-8-7-13(20-19-8)9(2)21-10(3)14(17(23)24)11-5-4-6-12(18)15(11)16(21)22/h4-7,9H,1-3H3,(H,19,20)(H,23,24). The molecule has 0 aliphatic rings. The fourth-order valence-corrected chi connectivity index (χ4v) is 3.06. The van der Waals surface area contributed by atoms with Crippen molar-refractivity contribution in [1.82, 2.24) is 14.8 Å². The molecule has 1 atom stereocenters. The molecule has 0 saturated carbocycles. The molecular weight excluding hydrogens is 313 g/mol. The van der Waals surface area contributed by atoms with Gasteiger partial charge in [-0.15, -0.1) is 0 Å². The first-order chi connectivity index (χ1) is 11.3. The van der Waals surface area contributed by atoms with E-state index in [-0.39, 0.29) is 22.0 Å². The van der Waals surface area contributed by atoms with Crippen LogP contribution in [0.25, 0.3) is 10.8 Å². The van der Waals surface area contributed by atoms with E-state index in [0.717, 1.165) is 11.8 Å². The number of carboxylic acid groups (broad SMARTS) is 1. The van der Waals surface area contributed by atoms with Crippen molar-refractivity contribution in [3.8, 4) is 0 Å². The van der Waals surface area contributed by atoms with Gasteiger partial charge in [-0.2, -0.15) is 5.10 Å². The van der Waals surface area contributed by atoms with Crippen molar-refractivity contribution in [2.45, 2.75) is 26.8 Å². The van der Waals surface area contributed by atoms with E-state index in [1.807, 2.05) is 6.92 Å². The van der Waals surface area contributed by atoms with Crippen molar-refractivity contribution in [3.63, 3.8) is 0 Å². The quantitative estimate of drug-likeness (QED) is 0.773. The van der Waals surface area contributed by atoms with Gasteiger partial charge in [-0.05, 0) is 32.9 Å². The number of aromatic nitrogens is 3. The third-order valence-corrected chi connectivity index (χ3v) is 4.19. The zero-order valence-corrected chi connectivity index (χ0v) is 13.4. The van der Waals surface area contributed by atoms with Gasteiger partial charge < -0.3 is 9.67 Å². The molecule has 1 aromatic carbocycles. The number of nitrogens with zero attached hydrogens (tertiary/aromatic N) is 2. The summed E-state index contributed by atoms with van der Waals surface area (Å²) >= 11 is 0.